The van der Waals surface area contributed by atoms with E-state index in [1.54, 1.807) is 0 Å². The fourth-order valence-corrected chi connectivity index (χ4v) is 2.99. The molecule has 2 aliphatic rings. The van der Waals surface area contributed by atoms with Gasteiger partial charge in [-0.05, 0) is 32.1 Å². The van der Waals surface area contributed by atoms with Gasteiger partial charge in [0.1, 0.15) is 0 Å². The van der Waals surface area contributed by atoms with Gasteiger partial charge >= 0.3 is 0 Å². The molecule has 15 heavy (non-hydrogen) atoms. The van der Waals surface area contributed by atoms with Gasteiger partial charge in [-0.25, -0.2) is 0 Å². The lowest BCUT2D eigenvalue weighted by molar-refractivity contribution is 0.0807. The average molecular weight is 212 g/mol. The Morgan fingerprint density at radius 1 is 1.00 bits per heavy atom. The predicted molar refractivity (Wildman–Crippen MR) is 61.6 cm³/mol. The molecule has 0 heterocycles. The van der Waals surface area contributed by atoms with Crippen molar-refractivity contribution < 1.29 is 5.11 Å². The van der Waals surface area contributed by atoms with Gasteiger partial charge in [0, 0.05) is 18.1 Å². The van der Waals surface area contributed by atoms with Crippen LogP contribution in [-0.4, -0.2) is 29.3 Å². The molecular formula is C12H24N2O. The van der Waals surface area contributed by atoms with Gasteiger partial charge in [-0.3, -0.25) is 0 Å². The molecule has 2 rings (SSSR count). The SMILES string of the molecule is NC1CCCC(NC2CCCCC2O)C1. The normalized spacial score (nSPS) is 42.8. The van der Waals surface area contributed by atoms with Crippen molar-refractivity contribution in [2.75, 3.05) is 0 Å². The van der Waals surface area contributed by atoms with E-state index < -0.39 is 0 Å². The van der Waals surface area contributed by atoms with Crippen LogP contribution in [0.5, 0.6) is 0 Å². The summed E-state index contributed by atoms with van der Waals surface area (Å²) in [6, 6.07) is 1.25. The lowest BCUT2D eigenvalue weighted by Crippen LogP contribution is -2.49. The van der Waals surface area contributed by atoms with E-state index in [0.717, 1.165) is 19.3 Å². The summed E-state index contributed by atoms with van der Waals surface area (Å²) in [7, 11) is 0. The van der Waals surface area contributed by atoms with Gasteiger partial charge in [-0.1, -0.05) is 19.3 Å². The van der Waals surface area contributed by atoms with Gasteiger partial charge in [0.05, 0.1) is 6.10 Å². The maximum absolute atomic E-state index is 9.87. The zero-order valence-corrected chi connectivity index (χ0v) is 9.49. The number of nitrogens with two attached hydrogens (primary N) is 1. The van der Waals surface area contributed by atoms with Gasteiger partial charge in [-0.15, -0.1) is 0 Å². The molecule has 3 nitrogen and oxygen atoms in total. The van der Waals surface area contributed by atoms with E-state index >= 15 is 0 Å². The summed E-state index contributed by atoms with van der Waals surface area (Å²) in [5.74, 6) is 0. The summed E-state index contributed by atoms with van der Waals surface area (Å²) in [6.45, 7) is 0. The van der Waals surface area contributed by atoms with Crippen molar-refractivity contribution >= 4 is 0 Å². The first-order chi connectivity index (χ1) is 7.25. The zero-order chi connectivity index (χ0) is 10.7. The highest BCUT2D eigenvalue weighted by atomic mass is 16.3. The third kappa shape index (κ3) is 3.16. The smallest absolute Gasteiger partial charge is 0.0693 e. The van der Waals surface area contributed by atoms with Gasteiger partial charge in [-0.2, -0.15) is 0 Å². The molecule has 0 aliphatic heterocycles. The summed E-state index contributed by atoms with van der Waals surface area (Å²) >= 11 is 0. The maximum atomic E-state index is 9.87. The lowest BCUT2D eigenvalue weighted by Gasteiger charge is -2.35. The van der Waals surface area contributed by atoms with Crippen LogP contribution in [0.1, 0.15) is 51.4 Å². The van der Waals surface area contributed by atoms with Crippen LogP contribution in [0.15, 0.2) is 0 Å². The molecule has 2 saturated carbocycles. The summed E-state index contributed by atoms with van der Waals surface area (Å²) in [6.07, 6.45) is 9.14. The lowest BCUT2D eigenvalue weighted by atomic mass is 9.88. The molecule has 4 unspecified atom stereocenters. The van der Waals surface area contributed by atoms with Crippen molar-refractivity contribution in [1.82, 2.24) is 5.32 Å². The van der Waals surface area contributed by atoms with Crippen molar-refractivity contribution in [1.29, 1.82) is 0 Å². The van der Waals surface area contributed by atoms with Gasteiger partial charge in [0.2, 0.25) is 0 Å². The molecule has 2 fully saturated rings. The van der Waals surface area contributed by atoms with Crippen molar-refractivity contribution in [2.45, 2.75) is 75.6 Å². The summed E-state index contributed by atoms with van der Waals surface area (Å²) in [5, 5.41) is 13.5. The van der Waals surface area contributed by atoms with Crippen molar-refractivity contribution in [3.63, 3.8) is 0 Å². The van der Waals surface area contributed by atoms with Crippen LogP contribution in [0.4, 0.5) is 0 Å². The standard InChI is InChI=1S/C12H24N2O/c13-9-4-3-5-10(8-9)14-11-6-1-2-7-12(11)15/h9-12,14-15H,1-8,13H2. The number of aliphatic hydroxyl groups is 1. The molecule has 0 bridgehead atoms. The zero-order valence-electron chi connectivity index (χ0n) is 9.49. The Kier molecular flexibility index (Phi) is 4.00. The summed E-state index contributed by atoms with van der Waals surface area (Å²) < 4.78 is 0. The van der Waals surface area contributed by atoms with Crippen molar-refractivity contribution in [3.8, 4) is 0 Å². The second kappa shape index (κ2) is 5.28. The molecule has 3 heteroatoms. The van der Waals surface area contributed by atoms with Gasteiger partial charge in [0.15, 0.2) is 0 Å². The van der Waals surface area contributed by atoms with E-state index in [9.17, 15) is 5.11 Å². The fraction of sp³-hybridized carbons (Fsp3) is 1.00. The number of nitrogens with one attached hydrogen (secondary N) is 1. The van der Waals surface area contributed by atoms with E-state index in [4.69, 9.17) is 5.73 Å². The Bertz CT molecular complexity index is 198. The molecule has 4 N–H and O–H groups in total. The molecule has 0 aromatic rings. The Balaban J connectivity index is 1.79. The molecular weight excluding hydrogens is 188 g/mol. The monoisotopic (exact) mass is 212 g/mol. The number of rotatable bonds is 2. The van der Waals surface area contributed by atoms with Gasteiger partial charge < -0.3 is 16.2 Å². The van der Waals surface area contributed by atoms with E-state index in [0.29, 0.717) is 18.1 Å². The van der Waals surface area contributed by atoms with Crippen LogP contribution in [0.25, 0.3) is 0 Å². The van der Waals surface area contributed by atoms with Gasteiger partial charge in [0.25, 0.3) is 0 Å². The molecule has 0 radical (unpaired) electrons. The first-order valence-corrected chi connectivity index (χ1v) is 6.45. The van der Waals surface area contributed by atoms with E-state index in [1.165, 1.54) is 32.1 Å². The molecule has 0 spiro atoms. The summed E-state index contributed by atoms with van der Waals surface area (Å²) in [4.78, 5) is 0. The Labute approximate surface area is 92.4 Å². The Hall–Kier alpha value is -0.120. The van der Waals surface area contributed by atoms with Crippen LogP contribution < -0.4 is 11.1 Å². The van der Waals surface area contributed by atoms with Crippen LogP contribution in [0, 0.1) is 0 Å². The molecule has 2 aliphatic carbocycles. The number of hydrogen-bond donors (Lipinski definition) is 3. The fourth-order valence-electron chi connectivity index (χ4n) is 2.99. The van der Waals surface area contributed by atoms with E-state index in [-0.39, 0.29) is 6.10 Å². The highest BCUT2D eigenvalue weighted by Crippen LogP contribution is 2.22. The molecule has 0 saturated heterocycles. The van der Waals surface area contributed by atoms with Crippen LogP contribution in [0.3, 0.4) is 0 Å². The topological polar surface area (TPSA) is 58.3 Å². The first kappa shape index (κ1) is 11.4. The quantitative estimate of drug-likeness (QED) is 0.643. The molecule has 4 atom stereocenters. The molecule has 0 aromatic heterocycles. The first-order valence-electron chi connectivity index (χ1n) is 6.45. The molecule has 0 amide bonds. The van der Waals surface area contributed by atoms with E-state index in [2.05, 4.69) is 5.32 Å². The number of aliphatic hydroxyl groups excluding tert-OH is 1. The van der Waals surface area contributed by atoms with Crippen molar-refractivity contribution in [2.24, 2.45) is 5.73 Å². The third-order valence-corrected chi connectivity index (χ3v) is 3.89. The average Bonchev–Trinajstić information content (AvgIpc) is 2.22. The minimum absolute atomic E-state index is 0.128. The number of hydrogen-bond acceptors (Lipinski definition) is 3. The van der Waals surface area contributed by atoms with Crippen LogP contribution >= 0.6 is 0 Å². The minimum atomic E-state index is -0.128. The summed E-state index contributed by atoms with van der Waals surface area (Å²) in [5.41, 5.74) is 5.96. The molecule has 88 valence electrons. The highest BCUT2D eigenvalue weighted by Gasteiger charge is 2.27. The van der Waals surface area contributed by atoms with Crippen LogP contribution in [0.2, 0.25) is 0 Å². The maximum Gasteiger partial charge on any atom is 0.0693 e. The second-order valence-corrected chi connectivity index (χ2v) is 5.25. The third-order valence-electron chi connectivity index (χ3n) is 3.89. The minimum Gasteiger partial charge on any atom is -0.392 e. The van der Waals surface area contributed by atoms with Crippen LogP contribution in [-0.2, 0) is 0 Å². The Morgan fingerprint density at radius 3 is 2.53 bits per heavy atom. The van der Waals surface area contributed by atoms with Crippen molar-refractivity contribution in [3.05, 3.63) is 0 Å². The highest BCUT2D eigenvalue weighted by molar-refractivity contribution is 4.87. The predicted octanol–water partition coefficient (Wildman–Crippen LogP) is 1.15. The Morgan fingerprint density at radius 2 is 1.80 bits per heavy atom. The second-order valence-electron chi connectivity index (χ2n) is 5.25. The van der Waals surface area contributed by atoms with E-state index in [1.807, 2.05) is 0 Å². The molecule has 0 aromatic carbocycles. The largest absolute Gasteiger partial charge is 0.392 e.